The minimum absolute atomic E-state index is 0.240. The molecule has 2 aromatic heterocycles. The number of ether oxygens (including phenoxy) is 1. The van der Waals surface area contributed by atoms with Crippen molar-refractivity contribution < 1.29 is 4.74 Å². The Bertz CT molecular complexity index is 1160. The number of benzene rings is 2. The standard InChI is InChI=1S/C21H17N3O/c1-25-12-6-7-14-15-8-9-22-20-16-11-19(24(21(15)20)18(14)10-12)23-17-5-3-2-4-13(16)17/h2-10,16,19,23H,11H2,1H3/t16-,19+/m0/s1. The SMILES string of the molecule is COc1ccc2c3ccnc4c3n(c2c1)[C@@H]1C[C@H]4c2ccccc2N1. The fourth-order valence-electron chi connectivity index (χ4n) is 4.66. The molecule has 0 radical (unpaired) electrons. The van der Waals surface area contributed by atoms with Crippen molar-refractivity contribution in [1.82, 2.24) is 9.55 Å². The summed E-state index contributed by atoms with van der Waals surface area (Å²) in [7, 11) is 1.72. The number of aromatic nitrogens is 2. The summed E-state index contributed by atoms with van der Waals surface area (Å²) in [4.78, 5) is 4.81. The summed E-state index contributed by atoms with van der Waals surface area (Å²) in [5.74, 6) is 1.24. The van der Waals surface area contributed by atoms with E-state index < -0.39 is 0 Å². The quantitative estimate of drug-likeness (QED) is 0.553. The number of rotatable bonds is 1. The lowest BCUT2D eigenvalue weighted by Crippen LogP contribution is -2.31. The van der Waals surface area contributed by atoms with Gasteiger partial charge in [-0.3, -0.25) is 4.98 Å². The van der Waals surface area contributed by atoms with E-state index in [0.717, 1.165) is 12.2 Å². The molecule has 1 N–H and O–H groups in total. The van der Waals surface area contributed by atoms with E-state index >= 15 is 0 Å². The Balaban J connectivity index is 1.77. The number of methoxy groups -OCH3 is 1. The molecule has 0 fully saturated rings. The van der Waals surface area contributed by atoms with Gasteiger partial charge in [-0.15, -0.1) is 0 Å². The highest BCUT2D eigenvalue weighted by Gasteiger charge is 2.37. The lowest BCUT2D eigenvalue weighted by molar-refractivity contribution is 0.414. The predicted octanol–water partition coefficient (Wildman–Crippen LogP) is 4.66. The van der Waals surface area contributed by atoms with Gasteiger partial charge in [0.1, 0.15) is 11.9 Å². The molecule has 0 saturated carbocycles. The average molecular weight is 327 g/mol. The zero-order valence-corrected chi connectivity index (χ0v) is 13.9. The molecule has 4 heterocycles. The molecule has 6 rings (SSSR count). The fraction of sp³-hybridized carbons (Fsp3) is 0.190. The van der Waals surface area contributed by atoms with Crippen molar-refractivity contribution in [3.05, 3.63) is 66.0 Å². The van der Waals surface area contributed by atoms with Crippen LogP contribution in [0.15, 0.2) is 54.7 Å². The summed E-state index contributed by atoms with van der Waals surface area (Å²) in [5.41, 5.74) is 6.23. The molecule has 2 bridgehead atoms. The van der Waals surface area contributed by atoms with Crippen molar-refractivity contribution in [3.8, 4) is 5.75 Å². The first kappa shape index (κ1) is 13.3. The van der Waals surface area contributed by atoms with E-state index in [9.17, 15) is 0 Å². The number of hydrogen-bond donors (Lipinski definition) is 1. The van der Waals surface area contributed by atoms with E-state index in [1.54, 1.807) is 7.11 Å². The summed E-state index contributed by atoms with van der Waals surface area (Å²) < 4.78 is 7.90. The number of nitrogens with one attached hydrogen (secondary N) is 1. The van der Waals surface area contributed by atoms with Crippen LogP contribution in [0, 0.1) is 0 Å². The average Bonchev–Trinajstić information content (AvgIpc) is 3.00. The first-order valence-corrected chi connectivity index (χ1v) is 8.67. The van der Waals surface area contributed by atoms with Crippen LogP contribution in [-0.2, 0) is 0 Å². The van der Waals surface area contributed by atoms with Gasteiger partial charge in [-0.25, -0.2) is 0 Å². The zero-order chi connectivity index (χ0) is 16.5. The molecule has 2 aliphatic heterocycles. The second-order valence-corrected chi connectivity index (χ2v) is 6.88. The Hall–Kier alpha value is -3.01. The van der Waals surface area contributed by atoms with E-state index in [0.29, 0.717) is 5.92 Å². The summed E-state index contributed by atoms with van der Waals surface area (Å²) in [6.07, 6.45) is 3.22. The number of anilines is 1. The van der Waals surface area contributed by atoms with Gasteiger partial charge in [0.25, 0.3) is 0 Å². The highest BCUT2D eigenvalue weighted by atomic mass is 16.5. The largest absolute Gasteiger partial charge is 0.497 e. The number of pyridine rings is 1. The van der Waals surface area contributed by atoms with Crippen molar-refractivity contribution in [2.75, 3.05) is 12.4 Å². The van der Waals surface area contributed by atoms with Crippen LogP contribution in [-0.4, -0.2) is 16.7 Å². The molecule has 0 aliphatic carbocycles. The second kappa shape index (κ2) is 4.54. The van der Waals surface area contributed by atoms with Crippen LogP contribution in [0.5, 0.6) is 5.75 Å². The van der Waals surface area contributed by atoms with E-state index in [1.165, 1.54) is 38.8 Å². The number of fused-ring (bicyclic) bond motifs is 9. The third-order valence-corrected chi connectivity index (χ3v) is 5.71. The number of hydrogen-bond acceptors (Lipinski definition) is 3. The Morgan fingerprint density at radius 3 is 2.96 bits per heavy atom. The minimum atomic E-state index is 0.240. The molecular formula is C21H17N3O. The Labute approximate surface area is 145 Å². The molecule has 4 nitrogen and oxygen atoms in total. The van der Waals surface area contributed by atoms with Crippen LogP contribution in [0.2, 0.25) is 0 Å². The molecule has 0 unspecified atom stereocenters. The maximum atomic E-state index is 5.48. The molecule has 2 atom stereocenters. The van der Waals surface area contributed by atoms with Crippen molar-refractivity contribution >= 4 is 27.5 Å². The third-order valence-electron chi connectivity index (χ3n) is 5.71. The highest BCUT2D eigenvalue weighted by molar-refractivity contribution is 6.09. The summed E-state index contributed by atoms with van der Waals surface area (Å²) in [6, 6.07) is 17.1. The smallest absolute Gasteiger partial charge is 0.120 e. The topological polar surface area (TPSA) is 39.1 Å². The minimum Gasteiger partial charge on any atom is -0.497 e. The molecule has 0 spiro atoms. The first-order chi connectivity index (χ1) is 12.3. The maximum Gasteiger partial charge on any atom is 0.120 e. The van der Waals surface area contributed by atoms with Gasteiger partial charge in [-0.05, 0) is 36.2 Å². The molecule has 25 heavy (non-hydrogen) atoms. The van der Waals surface area contributed by atoms with E-state index in [4.69, 9.17) is 9.72 Å². The maximum absolute atomic E-state index is 5.48. The molecular weight excluding hydrogens is 310 g/mol. The van der Waals surface area contributed by atoms with Crippen molar-refractivity contribution in [3.63, 3.8) is 0 Å². The van der Waals surface area contributed by atoms with E-state index in [2.05, 4.69) is 52.3 Å². The van der Waals surface area contributed by atoms with Gasteiger partial charge in [0.05, 0.1) is 23.8 Å². The second-order valence-electron chi connectivity index (χ2n) is 6.88. The van der Waals surface area contributed by atoms with E-state index in [-0.39, 0.29) is 6.17 Å². The number of para-hydroxylation sites is 1. The van der Waals surface area contributed by atoms with Gasteiger partial charge in [0.15, 0.2) is 0 Å². The lowest BCUT2D eigenvalue weighted by Gasteiger charge is -2.38. The molecule has 4 aromatic rings. The van der Waals surface area contributed by atoms with Crippen molar-refractivity contribution in [2.24, 2.45) is 0 Å². The van der Waals surface area contributed by atoms with Crippen LogP contribution in [0.4, 0.5) is 5.69 Å². The first-order valence-electron chi connectivity index (χ1n) is 8.67. The molecule has 0 amide bonds. The predicted molar refractivity (Wildman–Crippen MR) is 99.4 cm³/mol. The molecule has 2 aromatic carbocycles. The Morgan fingerprint density at radius 2 is 2.04 bits per heavy atom. The van der Waals surface area contributed by atoms with Crippen LogP contribution in [0.3, 0.4) is 0 Å². The van der Waals surface area contributed by atoms with Gasteiger partial charge >= 0.3 is 0 Å². The zero-order valence-electron chi connectivity index (χ0n) is 13.9. The number of nitrogens with zero attached hydrogens (tertiary/aromatic N) is 2. The van der Waals surface area contributed by atoms with Gasteiger partial charge < -0.3 is 14.6 Å². The Morgan fingerprint density at radius 1 is 1.12 bits per heavy atom. The molecule has 0 saturated heterocycles. The van der Waals surface area contributed by atoms with Crippen LogP contribution in [0.25, 0.3) is 21.8 Å². The van der Waals surface area contributed by atoms with Crippen LogP contribution >= 0.6 is 0 Å². The van der Waals surface area contributed by atoms with Crippen LogP contribution in [0.1, 0.15) is 29.8 Å². The molecule has 122 valence electrons. The van der Waals surface area contributed by atoms with Crippen molar-refractivity contribution in [1.29, 1.82) is 0 Å². The Kier molecular flexibility index (Phi) is 2.41. The summed E-state index contributed by atoms with van der Waals surface area (Å²) >= 11 is 0. The summed E-state index contributed by atoms with van der Waals surface area (Å²) in [5, 5.41) is 6.28. The third kappa shape index (κ3) is 1.59. The summed E-state index contributed by atoms with van der Waals surface area (Å²) in [6.45, 7) is 0. The highest BCUT2D eigenvalue weighted by Crippen LogP contribution is 2.50. The van der Waals surface area contributed by atoms with Gasteiger partial charge in [-0.2, -0.15) is 0 Å². The van der Waals surface area contributed by atoms with Crippen LogP contribution < -0.4 is 10.1 Å². The molecule has 2 aliphatic rings. The van der Waals surface area contributed by atoms with Crippen molar-refractivity contribution in [2.45, 2.75) is 18.5 Å². The van der Waals surface area contributed by atoms with Gasteiger partial charge in [0.2, 0.25) is 0 Å². The van der Waals surface area contributed by atoms with Gasteiger partial charge in [-0.1, -0.05) is 18.2 Å². The fourth-order valence-corrected chi connectivity index (χ4v) is 4.66. The molecule has 4 heteroatoms. The van der Waals surface area contributed by atoms with Gasteiger partial charge in [0, 0.05) is 34.6 Å². The monoisotopic (exact) mass is 327 g/mol. The van der Waals surface area contributed by atoms with E-state index in [1.807, 2.05) is 12.3 Å². The normalized spacial score (nSPS) is 20.4. The lowest BCUT2D eigenvalue weighted by atomic mass is 9.84.